The van der Waals surface area contributed by atoms with Crippen LogP contribution in [-0.2, 0) is 4.79 Å². The number of ether oxygens (including phenoxy) is 2. The molecule has 1 atom stereocenters. The molecule has 1 aromatic heterocycles. The van der Waals surface area contributed by atoms with Gasteiger partial charge < -0.3 is 18.8 Å². The smallest absolute Gasteiger partial charge is 0.277 e. The molecule has 2 aromatic rings. The number of hydrogen-bond acceptors (Lipinski definition) is 8. The fraction of sp³-hybridized carbons (Fsp3) is 0.444. The third-order valence-electron chi connectivity index (χ3n) is 4.63. The summed E-state index contributed by atoms with van der Waals surface area (Å²) in [7, 11) is 0. The molecular formula is C18H19N3O5S. The number of hydrogen-bond donors (Lipinski definition) is 0. The van der Waals surface area contributed by atoms with Crippen LogP contribution in [0.4, 0.5) is 0 Å². The molecular weight excluding hydrogens is 370 g/mol. The summed E-state index contributed by atoms with van der Waals surface area (Å²) in [6, 6.07) is 5.23. The van der Waals surface area contributed by atoms with Gasteiger partial charge in [-0.1, -0.05) is 11.8 Å². The van der Waals surface area contributed by atoms with Crippen molar-refractivity contribution in [3.05, 3.63) is 29.7 Å². The standard InChI is InChI=1S/C18H19N3O5S/c1-11-19-20-18(26-11)27-9-16(22)21-6-2-3-13(8-21)17(23)12-4-5-14-15(7-12)25-10-24-14/h4-5,7,13H,2-3,6,8-10H2,1H3/t13-/m0/s1. The van der Waals surface area contributed by atoms with Crippen molar-refractivity contribution in [3.8, 4) is 11.5 Å². The molecule has 27 heavy (non-hydrogen) atoms. The molecule has 0 bridgehead atoms. The molecule has 1 saturated heterocycles. The maximum atomic E-state index is 12.9. The zero-order valence-corrected chi connectivity index (χ0v) is 15.7. The lowest BCUT2D eigenvalue weighted by atomic mass is 9.90. The van der Waals surface area contributed by atoms with Crippen LogP contribution in [0, 0.1) is 12.8 Å². The minimum atomic E-state index is -0.210. The van der Waals surface area contributed by atoms with E-state index in [1.54, 1.807) is 30.0 Å². The topological polar surface area (TPSA) is 94.8 Å². The molecule has 2 aliphatic rings. The Balaban J connectivity index is 1.37. The van der Waals surface area contributed by atoms with Crippen LogP contribution in [0.1, 0.15) is 29.1 Å². The molecule has 9 heteroatoms. The molecule has 142 valence electrons. The summed E-state index contributed by atoms with van der Waals surface area (Å²) < 4.78 is 15.9. The highest BCUT2D eigenvalue weighted by molar-refractivity contribution is 7.99. The van der Waals surface area contributed by atoms with E-state index in [9.17, 15) is 9.59 Å². The zero-order chi connectivity index (χ0) is 18.8. The van der Waals surface area contributed by atoms with Crippen molar-refractivity contribution in [2.24, 2.45) is 5.92 Å². The highest BCUT2D eigenvalue weighted by Crippen LogP contribution is 2.34. The molecule has 0 spiro atoms. The van der Waals surface area contributed by atoms with Gasteiger partial charge >= 0.3 is 0 Å². The number of likely N-dealkylation sites (tertiary alicyclic amines) is 1. The first kappa shape index (κ1) is 17.8. The van der Waals surface area contributed by atoms with Gasteiger partial charge in [-0.15, -0.1) is 10.2 Å². The maximum absolute atomic E-state index is 12.9. The summed E-state index contributed by atoms with van der Waals surface area (Å²) in [6.07, 6.45) is 1.57. The number of rotatable bonds is 5. The molecule has 0 saturated carbocycles. The van der Waals surface area contributed by atoms with Crippen LogP contribution in [0.2, 0.25) is 0 Å². The monoisotopic (exact) mass is 389 g/mol. The Morgan fingerprint density at radius 2 is 2.11 bits per heavy atom. The van der Waals surface area contributed by atoms with Gasteiger partial charge in [0.15, 0.2) is 17.3 Å². The number of carbonyl (C=O) groups excluding carboxylic acids is 2. The van der Waals surface area contributed by atoms with E-state index in [4.69, 9.17) is 13.9 Å². The summed E-state index contributed by atoms with van der Waals surface area (Å²) in [5.41, 5.74) is 0.592. The summed E-state index contributed by atoms with van der Waals surface area (Å²) in [6.45, 7) is 2.97. The molecule has 2 aliphatic heterocycles. The Kier molecular flexibility index (Phi) is 5.02. The van der Waals surface area contributed by atoms with Gasteiger partial charge in [0.1, 0.15) is 0 Å². The Hall–Kier alpha value is -2.55. The Bertz CT molecular complexity index is 868. The van der Waals surface area contributed by atoms with Gasteiger partial charge in [-0.2, -0.15) is 0 Å². The first-order valence-corrected chi connectivity index (χ1v) is 9.73. The van der Waals surface area contributed by atoms with Crippen LogP contribution in [0.15, 0.2) is 27.8 Å². The Labute approximate surface area is 160 Å². The van der Waals surface area contributed by atoms with Crippen LogP contribution in [-0.4, -0.2) is 52.4 Å². The molecule has 0 N–H and O–H groups in total. The van der Waals surface area contributed by atoms with E-state index in [1.165, 1.54) is 11.8 Å². The van der Waals surface area contributed by atoms with Crippen LogP contribution in [0.25, 0.3) is 0 Å². The van der Waals surface area contributed by atoms with Crippen molar-refractivity contribution in [1.82, 2.24) is 15.1 Å². The number of benzene rings is 1. The number of nitrogens with zero attached hydrogens (tertiary/aromatic N) is 3. The van der Waals surface area contributed by atoms with E-state index in [1.807, 2.05) is 0 Å². The Morgan fingerprint density at radius 3 is 2.93 bits per heavy atom. The van der Waals surface area contributed by atoms with Gasteiger partial charge in [0.05, 0.1) is 5.75 Å². The third kappa shape index (κ3) is 3.92. The first-order chi connectivity index (χ1) is 13.1. The molecule has 0 radical (unpaired) electrons. The SMILES string of the molecule is Cc1nnc(SCC(=O)N2CCC[C@H](C(=O)c3ccc4c(c3)OCO4)C2)o1. The van der Waals surface area contributed by atoms with Crippen molar-refractivity contribution in [2.45, 2.75) is 25.0 Å². The number of fused-ring (bicyclic) bond motifs is 1. The third-order valence-corrected chi connectivity index (χ3v) is 5.43. The van der Waals surface area contributed by atoms with Crippen LogP contribution >= 0.6 is 11.8 Å². The fourth-order valence-corrected chi connectivity index (χ4v) is 3.96. The average Bonchev–Trinajstić information content (AvgIpc) is 3.33. The molecule has 1 fully saturated rings. The van der Waals surface area contributed by atoms with Gasteiger partial charge in [0, 0.05) is 31.5 Å². The highest BCUT2D eigenvalue weighted by atomic mass is 32.2. The number of Topliss-reactive ketones (excluding diaryl/α,β-unsaturated/α-hetero) is 1. The van der Waals surface area contributed by atoms with Gasteiger partial charge in [-0.25, -0.2) is 0 Å². The molecule has 1 aromatic carbocycles. The molecule has 0 unspecified atom stereocenters. The van der Waals surface area contributed by atoms with Crippen molar-refractivity contribution >= 4 is 23.5 Å². The minimum absolute atomic E-state index is 0.0287. The van der Waals surface area contributed by atoms with Crippen LogP contribution < -0.4 is 9.47 Å². The van der Waals surface area contributed by atoms with Crippen molar-refractivity contribution in [3.63, 3.8) is 0 Å². The van der Waals surface area contributed by atoms with Gasteiger partial charge in [-0.3, -0.25) is 9.59 Å². The average molecular weight is 389 g/mol. The molecule has 1 amide bonds. The van der Waals surface area contributed by atoms with Crippen molar-refractivity contribution < 1.29 is 23.5 Å². The molecule has 8 nitrogen and oxygen atoms in total. The van der Waals surface area contributed by atoms with Crippen LogP contribution in [0.3, 0.4) is 0 Å². The zero-order valence-electron chi connectivity index (χ0n) is 14.8. The molecule has 0 aliphatic carbocycles. The van der Waals surface area contributed by atoms with Gasteiger partial charge in [0.25, 0.3) is 5.22 Å². The summed E-state index contributed by atoms with van der Waals surface area (Å²) in [4.78, 5) is 27.1. The lowest BCUT2D eigenvalue weighted by Crippen LogP contribution is -2.43. The van der Waals surface area contributed by atoms with E-state index in [0.717, 1.165) is 12.8 Å². The quantitative estimate of drug-likeness (QED) is 0.568. The number of amides is 1. The number of piperidine rings is 1. The lowest BCUT2D eigenvalue weighted by Gasteiger charge is -2.32. The second kappa shape index (κ2) is 7.59. The molecule has 4 rings (SSSR count). The number of ketones is 1. The predicted octanol–water partition coefficient (Wildman–Crippen LogP) is 2.32. The fourth-order valence-electron chi connectivity index (χ4n) is 3.25. The van der Waals surface area contributed by atoms with E-state index >= 15 is 0 Å². The summed E-state index contributed by atoms with van der Waals surface area (Å²) in [5.74, 6) is 1.73. The highest BCUT2D eigenvalue weighted by Gasteiger charge is 2.30. The first-order valence-electron chi connectivity index (χ1n) is 8.74. The van der Waals surface area contributed by atoms with Crippen LogP contribution in [0.5, 0.6) is 11.5 Å². The van der Waals surface area contributed by atoms with Crippen molar-refractivity contribution in [2.75, 3.05) is 25.6 Å². The second-order valence-electron chi connectivity index (χ2n) is 6.49. The summed E-state index contributed by atoms with van der Waals surface area (Å²) >= 11 is 1.22. The molecule has 3 heterocycles. The number of carbonyl (C=O) groups is 2. The second-order valence-corrected chi connectivity index (χ2v) is 7.41. The van der Waals surface area contributed by atoms with E-state index in [-0.39, 0.29) is 30.2 Å². The predicted molar refractivity (Wildman–Crippen MR) is 96.0 cm³/mol. The van der Waals surface area contributed by atoms with Gasteiger partial charge in [0.2, 0.25) is 18.6 Å². The van der Waals surface area contributed by atoms with Crippen molar-refractivity contribution in [1.29, 1.82) is 0 Å². The number of aromatic nitrogens is 2. The summed E-state index contributed by atoms with van der Waals surface area (Å²) in [5, 5.41) is 8.00. The normalized spacial score (nSPS) is 18.6. The van der Waals surface area contributed by atoms with E-state index in [0.29, 0.717) is 41.3 Å². The lowest BCUT2D eigenvalue weighted by molar-refractivity contribution is -0.129. The minimum Gasteiger partial charge on any atom is -0.454 e. The van der Waals surface area contributed by atoms with E-state index < -0.39 is 0 Å². The largest absolute Gasteiger partial charge is 0.454 e. The number of thioether (sulfide) groups is 1. The Morgan fingerprint density at radius 1 is 1.26 bits per heavy atom. The van der Waals surface area contributed by atoms with Gasteiger partial charge in [-0.05, 0) is 31.0 Å². The number of aryl methyl sites for hydroxylation is 1. The van der Waals surface area contributed by atoms with E-state index in [2.05, 4.69) is 10.2 Å². The maximum Gasteiger partial charge on any atom is 0.277 e.